The number of carbonyl (C=O) groups excluding carboxylic acids is 1. The third kappa shape index (κ3) is 5.52. The second-order valence-electron chi connectivity index (χ2n) is 6.63. The summed E-state index contributed by atoms with van der Waals surface area (Å²) in [4.78, 5) is 14.4. The summed E-state index contributed by atoms with van der Waals surface area (Å²) in [5, 5.41) is 10.00. The fraction of sp³-hybridized carbons (Fsp3) is 0.286. The van der Waals surface area contributed by atoms with Gasteiger partial charge in [0, 0.05) is 23.7 Å². The van der Waals surface area contributed by atoms with Gasteiger partial charge in [0.25, 0.3) is 0 Å². The Balaban J connectivity index is 1.83. The number of likely N-dealkylation sites (N-methyl/N-ethyl adjacent to an activating group) is 1. The molecule has 0 unspecified atom stereocenters. The lowest BCUT2D eigenvalue weighted by Gasteiger charge is -2.20. The molecule has 0 saturated heterocycles. The predicted octanol–water partition coefficient (Wildman–Crippen LogP) is 4.76. The molecule has 0 fully saturated rings. The molecule has 6 nitrogen and oxygen atoms in total. The number of halogens is 1. The van der Waals surface area contributed by atoms with Crippen molar-refractivity contribution < 1.29 is 9.21 Å². The molecule has 2 aromatic heterocycles. The van der Waals surface area contributed by atoms with Gasteiger partial charge in [0.05, 0.1) is 18.6 Å². The number of amides is 1. The molecule has 3 rings (SSSR count). The van der Waals surface area contributed by atoms with E-state index < -0.39 is 0 Å². The number of nitrogens with zero attached hydrogens (tertiary/aromatic N) is 4. The van der Waals surface area contributed by atoms with Crippen LogP contribution in [0.2, 0.25) is 5.02 Å². The molecule has 152 valence electrons. The number of aromatic nitrogens is 3. The van der Waals surface area contributed by atoms with E-state index in [0.717, 1.165) is 16.9 Å². The average molecular weight is 431 g/mol. The largest absolute Gasteiger partial charge is 0.467 e. The van der Waals surface area contributed by atoms with E-state index in [1.54, 1.807) is 11.2 Å². The highest BCUT2D eigenvalue weighted by Gasteiger charge is 2.19. The van der Waals surface area contributed by atoms with E-state index in [4.69, 9.17) is 16.0 Å². The van der Waals surface area contributed by atoms with Crippen molar-refractivity contribution in [2.24, 2.45) is 0 Å². The molecule has 1 aromatic carbocycles. The molecular formula is C21H23ClN4O2S. The van der Waals surface area contributed by atoms with Gasteiger partial charge in [-0.05, 0) is 50.2 Å². The maximum Gasteiger partial charge on any atom is 0.233 e. The Kier molecular flexibility index (Phi) is 7.17. The van der Waals surface area contributed by atoms with Crippen molar-refractivity contribution in [3.63, 3.8) is 0 Å². The fourth-order valence-electron chi connectivity index (χ4n) is 2.83. The first-order valence-corrected chi connectivity index (χ1v) is 10.6. The number of thioether (sulfide) groups is 1. The average Bonchev–Trinajstić information content (AvgIpc) is 3.35. The highest BCUT2D eigenvalue weighted by atomic mass is 35.5. The zero-order chi connectivity index (χ0) is 20.8. The van der Waals surface area contributed by atoms with E-state index >= 15 is 0 Å². The van der Waals surface area contributed by atoms with Crippen LogP contribution in [-0.2, 0) is 11.3 Å². The van der Waals surface area contributed by atoms with Gasteiger partial charge >= 0.3 is 0 Å². The topological polar surface area (TPSA) is 64.2 Å². The summed E-state index contributed by atoms with van der Waals surface area (Å²) in [7, 11) is 0. The molecule has 29 heavy (non-hydrogen) atoms. The van der Waals surface area contributed by atoms with Gasteiger partial charge < -0.3 is 9.32 Å². The van der Waals surface area contributed by atoms with Crippen molar-refractivity contribution in [2.45, 2.75) is 25.5 Å². The fourth-order valence-corrected chi connectivity index (χ4v) is 3.80. The molecular weight excluding hydrogens is 408 g/mol. The molecule has 1 amide bonds. The lowest BCUT2D eigenvalue weighted by Crippen LogP contribution is -2.33. The maximum absolute atomic E-state index is 12.6. The smallest absolute Gasteiger partial charge is 0.233 e. The zero-order valence-electron chi connectivity index (χ0n) is 16.5. The molecule has 0 spiro atoms. The van der Waals surface area contributed by atoms with Crippen LogP contribution in [0.15, 0.2) is 64.4 Å². The zero-order valence-corrected chi connectivity index (χ0v) is 18.0. The molecule has 0 N–H and O–H groups in total. The van der Waals surface area contributed by atoms with Crippen molar-refractivity contribution in [2.75, 3.05) is 18.8 Å². The van der Waals surface area contributed by atoms with Crippen LogP contribution in [0.25, 0.3) is 11.4 Å². The van der Waals surface area contributed by atoms with Crippen molar-refractivity contribution in [3.05, 3.63) is 65.6 Å². The number of hydrogen-bond donors (Lipinski definition) is 0. The van der Waals surface area contributed by atoms with Crippen molar-refractivity contribution in [1.29, 1.82) is 0 Å². The van der Waals surface area contributed by atoms with Crippen molar-refractivity contribution in [3.8, 4) is 11.4 Å². The van der Waals surface area contributed by atoms with Gasteiger partial charge in [-0.25, -0.2) is 0 Å². The van der Waals surface area contributed by atoms with Crippen LogP contribution in [0.3, 0.4) is 0 Å². The van der Waals surface area contributed by atoms with Gasteiger partial charge in [-0.1, -0.05) is 35.5 Å². The van der Waals surface area contributed by atoms with Crippen LogP contribution in [-0.4, -0.2) is 44.4 Å². The monoisotopic (exact) mass is 430 g/mol. The molecule has 3 aromatic rings. The van der Waals surface area contributed by atoms with Gasteiger partial charge in [-0.2, -0.15) is 0 Å². The van der Waals surface area contributed by atoms with E-state index in [-0.39, 0.29) is 11.7 Å². The minimum absolute atomic E-state index is 0.0427. The number of carbonyl (C=O) groups is 1. The minimum atomic E-state index is 0.0427. The quantitative estimate of drug-likeness (QED) is 0.362. The normalized spacial score (nSPS) is 10.9. The predicted molar refractivity (Wildman–Crippen MR) is 116 cm³/mol. The first-order valence-electron chi connectivity index (χ1n) is 9.24. The van der Waals surface area contributed by atoms with Gasteiger partial charge in [0.1, 0.15) is 5.76 Å². The highest BCUT2D eigenvalue weighted by Crippen LogP contribution is 2.26. The standard InChI is InChI=1S/C21H23ClN4O2S/c1-4-25(12-15(2)3)19(27)14-29-21-24-23-20(16-7-9-17(22)10-8-16)26(21)13-18-6-5-11-28-18/h5-11H,2,4,12-14H2,1,3H3. The lowest BCUT2D eigenvalue weighted by molar-refractivity contribution is -0.127. The number of benzene rings is 1. The van der Waals surface area contributed by atoms with E-state index in [2.05, 4.69) is 16.8 Å². The Morgan fingerprint density at radius 1 is 1.28 bits per heavy atom. The summed E-state index contributed by atoms with van der Waals surface area (Å²) in [6, 6.07) is 11.2. The Bertz CT molecular complexity index is 967. The molecule has 8 heteroatoms. The summed E-state index contributed by atoms with van der Waals surface area (Å²) >= 11 is 7.38. The van der Waals surface area contributed by atoms with Crippen LogP contribution >= 0.6 is 23.4 Å². The van der Waals surface area contributed by atoms with Crippen molar-refractivity contribution >= 4 is 29.3 Å². The molecule has 2 heterocycles. The SMILES string of the molecule is C=C(C)CN(CC)C(=O)CSc1nnc(-c2ccc(Cl)cc2)n1Cc1ccco1. The summed E-state index contributed by atoms with van der Waals surface area (Å²) in [6.07, 6.45) is 1.63. The summed E-state index contributed by atoms with van der Waals surface area (Å²) in [5.74, 6) is 1.80. The van der Waals surface area contributed by atoms with Crippen molar-refractivity contribution in [1.82, 2.24) is 19.7 Å². The highest BCUT2D eigenvalue weighted by molar-refractivity contribution is 7.99. The number of rotatable bonds is 9. The van der Waals surface area contributed by atoms with Gasteiger partial charge in [0.2, 0.25) is 5.91 Å². The minimum Gasteiger partial charge on any atom is -0.467 e. The summed E-state index contributed by atoms with van der Waals surface area (Å²) in [5.41, 5.74) is 1.85. The number of furan rings is 1. The second kappa shape index (κ2) is 9.80. The molecule has 0 atom stereocenters. The van der Waals surface area contributed by atoms with Gasteiger partial charge in [0.15, 0.2) is 11.0 Å². The number of hydrogen-bond acceptors (Lipinski definition) is 5. The third-order valence-corrected chi connectivity index (χ3v) is 5.44. The summed E-state index contributed by atoms with van der Waals surface area (Å²) < 4.78 is 7.46. The van der Waals surface area contributed by atoms with E-state index in [1.807, 2.05) is 54.8 Å². The molecule has 0 radical (unpaired) electrons. The molecule has 0 aliphatic heterocycles. The Labute approximate surface area is 179 Å². The second-order valence-corrected chi connectivity index (χ2v) is 8.01. The Morgan fingerprint density at radius 2 is 2.03 bits per heavy atom. The van der Waals surface area contributed by atoms with Crippen LogP contribution < -0.4 is 0 Å². The third-order valence-electron chi connectivity index (χ3n) is 4.23. The van der Waals surface area contributed by atoms with Gasteiger partial charge in [-0.15, -0.1) is 10.2 Å². The van der Waals surface area contributed by atoms with Crippen LogP contribution in [0.4, 0.5) is 0 Å². The van der Waals surface area contributed by atoms with E-state index in [9.17, 15) is 4.79 Å². The van der Waals surface area contributed by atoms with Crippen LogP contribution in [0, 0.1) is 0 Å². The van der Waals surface area contributed by atoms with Crippen LogP contribution in [0.5, 0.6) is 0 Å². The molecule has 0 bridgehead atoms. The molecule has 0 aliphatic carbocycles. The first kappa shape index (κ1) is 21.2. The van der Waals surface area contributed by atoms with E-state index in [0.29, 0.717) is 35.6 Å². The Hall–Kier alpha value is -2.51. The Morgan fingerprint density at radius 3 is 2.66 bits per heavy atom. The van der Waals surface area contributed by atoms with E-state index in [1.165, 1.54) is 11.8 Å². The van der Waals surface area contributed by atoms with Crippen LogP contribution in [0.1, 0.15) is 19.6 Å². The summed E-state index contributed by atoms with van der Waals surface area (Å²) in [6.45, 7) is 9.45. The molecule has 0 aliphatic rings. The maximum atomic E-state index is 12.6. The molecule has 0 saturated carbocycles. The van der Waals surface area contributed by atoms with Gasteiger partial charge in [-0.3, -0.25) is 9.36 Å². The lowest BCUT2D eigenvalue weighted by atomic mass is 10.2. The first-order chi connectivity index (χ1) is 14.0.